The van der Waals surface area contributed by atoms with Crippen LogP contribution in [0.1, 0.15) is 10.4 Å². The molecule has 0 atom stereocenters. The number of para-hydroxylation sites is 1. The molecule has 0 aromatic heterocycles. The molecule has 2 amide bonds. The highest BCUT2D eigenvalue weighted by atomic mass is 35.5. The number of anilines is 2. The van der Waals surface area contributed by atoms with Gasteiger partial charge < -0.3 is 24.6 Å². The fraction of sp³-hybridized carbons (Fsp3) is 0.231. The molecule has 0 spiro atoms. The Morgan fingerprint density at radius 2 is 1.69 bits per heavy atom. The van der Waals surface area contributed by atoms with Gasteiger partial charge in [-0.2, -0.15) is 0 Å². The van der Waals surface area contributed by atoms with Gasteiger partial charge in [0, 0.05) is 42.6 Å². The topological polar surface area (TPSA) is 71.1 Å². The molecule has 1 saturated heterocycles. The van der Waals surface area contributed by atoms with E-state index in [2.05, 4.69) is 10.2 Å². The molecule has 4 rings (SSSR count). The van der Waals surface area contributed by atoms with E-state index < -0.39 is 5.82 Å². The van der Waals surface area contributed by atoms with Gasteiger partial charge in [-0.15, -0.1) is 0 Å². The van der Waals surface area contributed by atoms with Crippen molar-refractivity contribution in [2.45, 2.75) is 0 Å². The van der Waals surface area contributed by atoms with Crippen LogP contribution in [0.3, 0.4) is 0 Å². The van der Waals surface area contributed by atoms with Gasteiger partial charge >= 0.3 is 0 Å². The van der Waals surface area contributed by atoms with Gasteiger partial charge in [-0.3, -0.25) is 9.59 Å². The van der Waals surface area contributed by atoms with Gasteiger partial charge in [-0.25, -0.2) is 4.39 Å². The summed E-state index contributed by atoms with van der Waals surface area (Å²) >= 11 is 6.07. The first-order valence-electron chi connectivity index (χ1n) is 11.1. The Labute approximate surface area is 208 Å². The van der Waals surface area contributed by atoms with Crippen molar-refractivity contribution in [1.29, 1.82) is 0 Å². The van der Waals surface area contributed by atoms with Gasteiger partial charge in [-0.1, -0.05) is 23.7 Å². The Balaban J connectivity index is 1.29. The number of carbonyl (C=O) groups is 2. The summed E-state index contributed by atoms with van der Waals surface area (Å²) in [5, 5.41) is 3.22. The molecule has 1 fully saturated rings. The monoisotopic (exact) mass is 497 g/mol. The number of benzene rings is 3. The van der Waals surface area contributed by atoms with Crippen LogP contribution in [-0.4, -0.2) is 56.6 Å². The summed E-state index contributed by atoms with van der Waals surface area (Å²) in [5.41, 5.74) is 2.04. The number of ether oxygens (including phenoxy) is 2. The van der Waals surface area contributed by atoms with Gasteiger partial charge in [0.2, 0.25) is 0 Å². The zero-order chi connectivity index (χ0) is 24.8. The van der Waals surface area contributed by atoms with Crippen molar-refractivity contribution < 1.29 is 23.5 Å². The molecule has 1 N–H and O–H groups in total. The molecule has 3 aromatic rings. The van der Waals surface area contributed by atoms with Crippen LogP contribution < -0.4 is 19.7 Å². The number of carbonyl (C=O) groups excluding carboxylic acids is 2. The largest absolute Gasteiger partial charge is 0.496 e. The van der Waals surface area contributed by atoms with Gasteiger partial charge in [0.15, 0.2) is 18.2 Å². The van der Waals surface area contributed by atoms with E-state index in [4.69, 9.17) is 21.1 Å². The van der Waals surface area contributed by atoms with E-state index in [-0.39, 0.29) is 24.2 Å². The third-order valence-electron chi connectivity index (χ3n) is 5.67. The summed E-state index contributed by atoms with van der Waals surface area (Å²) < 4.78 is 24.1. The van der Waals surface area contributed by atoms with Crippen LogP contribution >= 0.6 is 11.6 Å². The van der Waals surface area contributed by atoms with E-state index >= 15 is 0 Å². The van der Waals surface area contributed by atoms with Crippen molar-refractivity contribution in [2.75, 3.05) is 50.1 Å². The highest BCUT2D eigenvalue weighted by Gasteiger charge is 2.24. The van der Waals surface area contributed by atoms with Gasteiger partial charge in [0.1, 0.15) is 5.75 Å². The third kappa shape index (κ3) is 6.02. The van der Waals surface area contributed by atoms with Crippen molar-refractivity contribution in [3.05, 3.63) is 83.1 Å². The molecule has 1 aliphatic rings. The minimum absolute atomic E-state index is 0.0319. The van der Waals surface area contributed by atoms with Crippen molar-refractivity contribution in [3.8, 4) is 11.5 Å². The maximum absolute atomic E-state index is 13.6. The zero-order valence-electron chi connectivity index (χ0n) is 19.2. The maximum atomic E-state index is 13.6. The fourth-order valence-electron chi connectivity index (χ4n) is 3.84. The smallest absolute Gasteiger partial charge is 0.262 e. The zero-order valence-corrected chi connectivity index (χ0v) is 19.9. The van der Waals surface area contributed by atoms with Crippen LogP contribution in [-0.2, 0) is 4.79 Å². The SMILES string of the molecule is COc1ccc(Cl)cc1C(=O)N1CCN(c2ccc(NC(=O)COc3ccccc3F)cc2)CC1. The number of rotatable bonds is 7. The lowest BCUT2D eigenvalue weighted by Gasteiger charge is -2.36. The number of piperazine rings is 1. The molecule has 9 heteroatoms. The fourth-order valence-corrected chi connectivity index (χ4v) is 4.02. The minimum atomic E-state index is -0.516. The summed E-state index contributed by atoms with van der Waals surface area (Å²) in [6.07, 6.45) is 0. The summed E-state index contributed by atoms with van der Waals surface area (Å²) in [4.78, 5) is 29.1. The molecule has 0 unspecified atom stereocenters. The molecule has 182 valence electrons. The lowest BCUT2D eigenvalue weighted by Crippen LogP contribution is -2.48. The number of amides is 2. The highest BCUT2D eigenvalue weighted by molar-refractivity contribution is 6.31. The normalized spacial score (nSPS) is 13.3. The van der Waals surface area contributed by atoms with E-state index in [0.29, 0.717) is 48.2 Å². The summed E-state index contributed by atoms with van der Waals surface area (Å²) in [6.45, 7) is 2.14. The Morgan fingerprint density at radius 3 is 2.37 bits per heavy atom. The number of nitrogens with zero attached hydrogens (tertiary/aromatic N) is 2. The van der Waals surface area contributed by atoms with Crippen LogP contribution in [0.15, 0.2) is 66.7 Å². The first-order valence-corrected chi connectivity index (χ1v) is 11.5. The summed E-state index contributed by atoms with van der Waals surface area (Å²) in [6, 6.07) is 18.4. The highest BCUT2D eigenvalue weighted by Crippen LogP contribution is 2.26. The molecule has 0 saturated carbocycles. The molecular formula is C26H25ClFN3O4. The maximum Gasteiger partial charge on any atom is 0.262 e. The standard InChI is InChI=1S/C26H25ClFN3O4/c1-34-23-11-6-18(27)16-21(23)26(33)31-14-12-30(13-15-31)20-9-7-19(8-10-20)29-25(32)17-35-24-5-3-2-4-22(24)28/h2-11,16H,12-15,17H2,1H3,(H,29,32). The minimum Gasteiger partial charge on any atom is -0.496 e. The quantitative estimate of drug-likeness (QED) is 0.521. The van der Waals surface area contributed by atoms with E-state index in [9.17, 15) is 14.0 Å². The Morgan fingerprint density at radius 1 is 0.971 bits per heavy atom. The van der Waals surface area contributed by atoms with Crippen molar-refractivity contribution in [2.24, 2.45) is 0 Å². The van der Waals surface area contributed by atoms with Crippen LogP contribution in [0.5, 0.6) is 11.5 Å². The molecule has 0 aliphatic carbocycles. The predicted molar refractivity (Wildman–Crippen MR) is 133 cm³/mol. The average Bonchev–Trinajstić information content (AvgIpc) is 2.88. The van der Waals surface area contributed by atoms with Crippen LogP contribution in [0.4, 0.5) is 15.8 Å². The molecule has 35 heavy (non-hydrogen) atoms. The number of nitrogens with one attached hydrogen (secondary N) is 1. The first-order chi connectivity index (χ1) is 16.9. The molecule has 1 aliphatic heterocycles. The molecule has 0 bridgehead atoms. The lowest BCUT2D eigenvalue weighted by molar-refractivity contribution is -0.118. The number of hydrogen-bond donors (Lipinski definition) is 1. The Kier molecular flexibility index (Phi) is 7.72. The Bertz CT molecular complexity index is 1200. The Hall–Kier alpha value is -3.78. The summed E-state index contributed by atoms with van der Waals surface area (Å²) in [7, 11) is 1.53. The molecule has 1 heterocycles. The predicted octanol–water partition coefficient (Wildman–Crippen LogP) is 4.47. The lowest BCUT2D eigenvalue weighted by atomic mass is 10.1. The van der Waals surface area contributed by atoms with E-state index in [1.165, 1.54) is 19.2 Å². The van der Waals surface area contributed by atoms with Crippen LogP contribution in [0.2, 0.25) is 5.02 Å². The summed E-state index contributed by atoms with van der Waals surface area (Å²) in [5.74, 6) is -0.481. The first kappa shape index (κ1) is 24.3. The molecular weight excluding hydrogens is 473 g/mol. The van der Waals surface area contributed by atoms with E-state index in [1.54, 1.807) is 47.4 Å². The molecule has 0 radical (unpaired) electrons. The average molecular weight is 498 g/mol. The van der Waals surface area contributed by atoms with Gasteiger partial charge in [-0.05, 0) is 54.6 Å². The second kappa shape index (κ2) is 11.1. The molecule has 7 nitrogen and oxygen atoms in total. The third-order valence-corrected chi connectivity index (χ3v) is 5.91. The number of halogens is 2. The number of methoxy groups -OCH3 is 1. The second-order valence-corrected chi connectivity index (χ2v) is 8.37. The van der Waals surface area contributed by atoms with E-state index in [1.807, 2.05) is 12.1 Å². The van der Waals surface area contributed by atoms with E-state index in [0.717, 1.165) is 5.69 Å². The van der Waals surface area contributed by atoms with Crippen LogP contribution in [0.25, 0.3) is 0 Å². The van der Waals surface area contributed by atoms with Crippen molar-refractivity contribution in [3.63, 3.8) is 0 Å². The van der Waals surface area contributed by atoms with Gasteiger partial charge in [0.05, 0.1) is 12.7 Å². The van der Waals surface area contributed by atoms with Crippen molar-refractivity contribution >= 4 is 34.8 Å². The molecule has 3 aromatic carbocycles. The van der Waals surface area contributed by atoms with Crippen molar-refractivity contribution in [1.82, 2.24) is 4.90 Å². The second-order valence-electron chi connectivity index (χ2n) is 7.94. The number of hydrogen-bond acceptors (Lipinski definition) is 5. The van der Waals surface area contributed by atoms with Crippen LogP contribution in [0, 0.1) is 5.82 Å². The van der Waals surface area contributed by atoms with Gasteiger partial charge in [0.25, 0.3) is 11.8 Å².